The molecule has 2 aromatic heterocycles. The molecule has 3 heterocycles. The fourth-order valence-electron chi connectivity index (χ4n) is 4.68. The minimum Gasteiger partial charge on any atom is -0.364 e. The smallest absolute Gasteiger partial charge is 0.235 e. The Morgan fingerprint density at radius 3 is 2.35 bits per heavy atom. The first kappa shape index (κ1) is 24.0. The number of fused-ring (bicyclic) bond motifs is 1. The van der Waals surface area contributed by atoms with E-state index in [4.69, 9.17) is 0 Å². The van der Waals surface area contributed by atoms with Gasteiger partial charge in [-0.15, -0.1) is 0 Å². The van der Waals surface area contributed by atoms with Crippen LogP contribution in [0.1, 0.15) is 19.4 Å². The number of hydrogen-bond donors (Lipinski definition) is 3. The monoisotopic (exact) mass is 479 g/mol. The number of rotatable bonds is 4. The van der Waals surface area contributed by atoms with Gasteiger partial charge in [0.25, 0.3) is 0 Å². The van der Waals surface area contributed by atoms with Crippen molar-refractivity contribution in [3.63, 3.8) is 0 Å². The molecule has 5 N–H and O–H groups in total. The predicted molar refractivity (Wildman–Crippen MR) is 138 cm³/mol. The summed E-state index contributed by atoms with van der Waals surface area (Å²) in [5.74, 6) is 0. The minimum absolute atomic E-state index is 0. The zero-order chi connectivity index (χ0) is 23.1. The van der Waals surface area contributed by atoms with Crippen molar-refractivity contribution in [2.45, 2.75) is 37.8 Å². The number of hydrogen-bond acceptors (Lipinski definition) is 6. The summed E-state index contributed by atoms with van der Waals surface area (Å²) in [6.07, 6.45) is 5.58. The second kappa shape index (κ2) is 9.63. The number of aromatic nitrogens is 3. The van der Waals surface area contributed by atoms with Crippen molar-refractivity contribution < 1.29 is 8.76 Å². The molecule has 0 amide bonds. The molecule has 5 rings (SSSR count). The van der Waals surface area contributed by atoms with E-state index in [1.54, 1.807) is 16.8 Å². The zero-order valence-electron chi connectivity index (χ0n) is 19.6. The highest BCUT2D eigenvalue weighted by Crippen LogP contribution is 2.29. The maximum atomic E-state index is 11.7. The van der Waals surface area contributed by atoms with E-state index < -0.39 is 11.1 Å². The average molecular weight is 480 g/mol. The maximum Gasteiger partial charge on any atom is 0.235 e. The summed E-state index contributed by atoms with van der Waals surface area (Å²) in [6, 6.07) is 15.1. The molecule has 0 bridgehead atoms. The molecule has 0 saturated carbocycles. The molecule has 0 aliphatic carbocycles. The number of nitrogens with zero attached hydrogens (tertiary/aromatic N) is 4. The van der Waals surface area contributed by atoms with E-state index >= 15 is 0 Å². The molecule has 0 spiro atoms. The van der Waals surface area contributed by atoms with Gasteiger partial charge in [0, 0.05) is 66.0 Å². The number of aryl methyl sites for hydroxylation is 1. The van der Waals surface area contributed by atoms with Gasteiger partial charge in [0.2, 0.25) is 11.1 Å². The van der Waals surface area contributed by atoms with Crippen LogP contribution in [0, 0.1) is 6.92 Å². The van der Waals surface area contributed by atoms with Gasteiger partial charge in [-0.1, -0.05) is 28.5 Å². The standard InChI is InChI=1S/C25H27N5O2S.H3N/c1-16-4-5-20(10-24(16)33(31)32)23-14-28-29-15-21(13-27-25(23)29)19-6-8-22(9-7-19)30-17(2)11-26-12-18(30)3;/h4-10,13-15,17-18,26H,11-12H2,1-3H3,(H,31,32);1H3/p+1/t17-,18+;. The van der Waals surface area contributed by atoms with Crippen LogP contribution in [0.15, 0.2) is 66.0 Å². The van der Waals surface area contributed by atoms with Gasteiger partial charge in [0.1, 0.15) is 0 Å². The highest BCUT2D eigenvalue weighted by atomic mass is 32.2. The molecular formula is C25H31N6O2S+. The summed E-state index contributed by atoms with van der Waals surface area (Å²) in [5, 5.41) is 7.97. The van der Waals surface area contributed by atoms with Crippen molar-refractivity contribution in [3.8, 4) is 22.3 Å². The molecule has 9 heteroatoms. The van der Waals surface area contributed by atoms with E-state index in [2.05, 4.69) is 58.4 Å². The van der Waals surface area contributed by atoms with Gasteiger partial charge >= 0.3 is 0 Å². The van der Waals surface area contributed by atoms with Gasteiger partial charge in [-0.25, -0.2) is 9.50 Å². The van der Waals surface area contributed by atoms with Crippen LogP contribution in [0.4, 0.5) is 5.69 Å². The minimum atomic E-state index is -2.41. The Balaban J connectivity index is 0.00000274. The number of thiol groups is 1. The first-order valence-corrected chi connectivity index (χ1v) is 12.3. The summed E-state index contributed by atoms with van der Waals surface area (Å²) < 4.78 is 23.0. The number of benzene rings is 2. The van der Waals surface area contributed by atoms with Crippen LogP contribution >= 0.6 is 0 Å². The Labute approximate surface area is 201 Å². The lowest BCUT2D eigenvalue weighted by atomic mass is 10.0. The summed E-state index contributed by atoms with van der Waals surface area (Å²) in [6.45, 7) is 8.31. The molecule has 1 aliphatic rings. The van der Waals surface area contributed by atoms with Crippen molar-refractivity contribution in [3.05, 3.63) is 66.6 Å². The first-order chi connectivity index (χ1) is 15.9. The average Bonchev–Trinajstić information content (AvgIpc) is 3.23. The van der Waals surface area contributed by atoms with Crippen molar-refractivity contribution in [2.24, 2.45) is 0 Å². The van der Waals surface area contributed by atoms with Crippen LogP contribution in [-0.4, -0.2) is 44.3 Å². The number of anilines is 1. The molecule has 34 heavy (non-hydrogen) atoms. The summed E-state index contributed by atoms with van der Waals surface area (Å²) in [7, 11) is 0. The Morgan fingerprint density at radius 2 is 1.68 bits per heavy atom. The van der Waals surface area contributed by atoms with E-state index in [0.29, 0.717) is 22.6 Å². The van der Waals surface area contributed by atoms with Crippen molar-refractivity contribution in [1.29, 1.82) is 0 Å². The topological polar surface area (TPSA) is 118 Å². The van der Waals surface area contributed by atoms with E-state index in [1.165, 1.54) is 5.69 Å². The summed E-state index contributed by atoms with van der Waals surface area (Å²) >= 11 is -2.41. The summed E-state index contributed by atoms with van der Waals surface area (Å²) in [4.78, 5) is 7.58. The van der Waals surface area contributed by atoms with Crippen LogP contribution in [-0.2, 0) is 15.3 Å². The van der Waals surface area contributed by atoms with Crippen LogP contribution in [0.5, 0.6) is 0 Å². The summed E-state index contributed by atoms with van der Waals surface area (Å²) in [5.41, 5.74) is 6.45. The van der Waals surface area contributed by atoms with E-state index in [-0.39, 0.29) is 6.15 Å². The van der Waals surface area contributed by atoms with Gasteiger partial charge in [-0.05, 0) is 44.0 Å². The third-order valence-electron chi connectivity index (χ3n) is 6.41. The quantitative estimate of drug-likeness (QED) is 0.296. The van der Waals surface area contributed by atoms with Gasteiger partial charge in [0.05, 0.1) is 6.20 Å². The Hall–Kier alpha value is -3.11. The van der Waals surface area contributed by atoms with Crippen LogP contribution in [0.25, 0.3) is 27.9 Å². The lowest BCUT2D eigenvalue weighted by Gasteiger charge is -2.41. The molecule has 8 nitrogen and oxygen atoms in total. The van der Waals surface area contributed by atoms with E-state index in [1.807, 2.05) is 31.5 Å². The van der Waals surface area contributed by atoms with Gasteiger partial charge < -0.3 is 16.4 Å². The van der Waals surface area contributed by atoms with Gasteiger partial charge in [0.15, 0.2) is 10.5 Å². The number of nitrogens with one attached hydrogen (secondary N) is 1. The number of piperazine rings is 1. The molecule has 2 aromatic carbocycles. The Bertz CT molecular complexity index is 1330. The fourth-order valence-corrected chi connectivity index (χ4v) is 5.30. The second-order valence-corrected chi connectivity index (χ2v) is 9.78. The van der Waals surface area contributed by atoms with Gasteiger partial charge in [-0.2, -0.15) is 9.65 Å². The zero-order valence-corrected chi connectivity index (χ0v) is 20.5. The molecule has 1 unspecified atom stereocenters. The maximum absolute atomic E-state index is 11.7. The lowest BCUT2D eigenvalue weighted by Crippen LogP contribution is -2.55. The lowest BCUT2D eigenvalue weighted by molar-refractivity contribution is 0.432. The fraction of sp³-hybridized carbons (Fsp3) is 0.280. The van der Waals surface area contributed by atoms with Gasteiger partial charge in [-0.3, -0.25) is 0 Å². The largest absolute Gasteiger partial charge is 0.364 e. The molecule has 178 valence electrons. The Morgan fingerprint density at radius 1 is 1.00 bits per heavy atom. The SMILES string of the molecule is Cc1ccc(-c2cnn3cc(-c4ccc(N5[C@H](C)CNC[C@@H]5C)cc4)cnc23)cc1[SH+](=O)O.N. The van der Waals surface area contributed by atoms with E-state index in [9.17, 15) is 8.76 Å². The first-order valence-electron chi connectivity index (χ1n) is 11.1. The second-order valence-electron chi connectivity index (χ2n) is 8.75. The predicted octanol–water partition coefficient (Wildman–Crippen LogP) is 4.25. The van der Waals surface area contributed by atoms with Crippen LogP contribution in [0.3, 0.4) is 0 Å². The third kappa shape index (κ3) is 4.35. The van der Waals surface area contributed by atoms with Crippen molar-refractivity contribution in [2.75, 3.05) is 18.0 Å². The van der Waals surface area contributed by atoms with Crippen LogP contribution in [0.2, 0.25) is 0 Å². The molecule has 4 aromatic rings. The van der Waals surface area contributed by atoms with Crippen LogP contribution < -0.4 is 16.4 Å². The van der Waals surface area contributed by atoms with Crippen molar-refractivity contribution in [1.82, 2.24) is 26.1 Å². The molecule has 1 aliphatic heterocycles. The molecular weight excluding hydrogens is 448 g/mol. The highest BCUT2D eigenvalue weighted by molar-refractivity contribution is 7.79. The molecule has 1 fully saturated rings. The molecule has 1 saturated heterocycles. The molecule has 0 radical (unpaired) electrons. The van der Waals surface area contributed by atoms with E-state index in [0.717, 1.165) is 40.9 Å². The normalized spacial score (nSPS) is 19.1. The van der Waals surface area contributed by atoms with Crippen molar-refractivity contribution >= 4 is 22.4 Å². The highest BCUT2D eigenvalue weighted by Gasteiger charge is 2.24. The Kier molecular flexibility index (Phi) is 6.81. The third-order valence-corrected chi connectivity index (χ3v) is 7.30. The molecule has 3 atom stereocenters.